The lowest BCUT2D eigenvalue weighted by molar-refractivity contribution is 0.215. The summed E-state index contributed by atoms with van der Waals surface area (Å²) in [6, 6.07) is 0. The topological polar surface area (TPSA) is 71.0 Å². The van der Waals surface area contributed by atoms with E-state index in [-0.39, 0.29) is 0 Å². The van der Waals surface area contributed by atoms with Crippen LogP contribution >= 0.6 is 0 Å². The van der Waals surface area contributed by atoms with Crippen molar-refractivity contribution in [3.05, 3.63) is 10.1 Å². The zero-order valence-electron chi connectivity index (χ0n) is 6.78. The van der Waals surface area contributed by atoms with Crippen LogP contribution in [0.5, 0.6) is 0 Å². The largest absolute Gasteiger partial charge is 0.769 e. The fourth-order valence-corrected chi connectivity index (χ4v) is 0.640. The number of nitroso groups, excluding NO2 is 1. The zero-order chi connectivity index (χ0) is 8.69. The molecule has 6 heteroatoms. The lowest BCUT2D eigenvalue weighted by atomic mass is 10.4. The third kappa shape index (κ3) is 5.71. The summed E-state index contributed by atoms with van der Waals surface area (Å²) in [5.74, 6) is 0. The quantitative estimate of drug-likeness (QED) is 0.436. The fourth-order valence-electron chi connectivity index (χ4n) is 0.640. The molecule has 0 aromatic carbocycles. The van der Waals surface area contributed by atoms with Gasteiger partial charge in [-0.1, -0.05) is 0 Å². The van der Waals surface area contributed by atoms with Gasteiger partial charge in [0.15, 0.2) is 0 Å². The Morgan fingerprint density at radius 3 is 2.45 bits per heavy atom. The van der Waals surface area contributed by atoms with Gasteiger partial charge in [0.2, 0.25) is 0 Å². The van der Waals surface area contributed by atoms with Gasteiger partial charge in [-0.2, -0.15) is 0 Å². The molecule has 0 amide bonds. The Kier molecular flexibility index (Phi) is 5.63. The molecule has 0 heterocycles. The van der Waals surface area contributed by atoms with Gasteiger partial charge in [0, 0.05) is 0 Å². The number of nitrogens with zero attached hydrogens (tertiary/aromatic N) is 3. The van der Waals surface area contributed by atoms with Gasteiger partial charge < -0.3 is 10.1 Å². The molecule has 1 N–H and O–H groups in total. The normalized spacial score (nSPS) is 10.2. The van der Waals surface area contributed by atoms with Crippen molar-refractivity contribution >= 4 is 0 Å². The van der Waals surface area contributed by atoms with Crippen LogP contribution in [0.4, 0.5) is 0 Å². The van der Waals surface area contributed by atoms with E-state index in [1.54, 1.807) is 0 Å². The van der Waals surface area contributed by atoms with Crippen molar-refractivity contribution < 1.29 is 0 Å². The summed E-state index contributed by atoms with van der Waals surface area (Å²) in [5, 5.41) is 13.1. The maximum atomic E-state index is 9.91. The first-order chi connectivity index (χ1) is 5.20. The molecule has 0 fully saturated rings. The zero-order valence-corrected chi connectivity index (χ0v) is 6.78. The van der Waals surface area contributed by atoms with E-state index in [9.17, 15) is 10.1 Å². The molecule has 6 nitrogen and oxygen atoms in total. The first kappa shape index (κ1) is 10.3. The Bertz CT molecular complexity index is 109. The fraction of sp³-hybridized carbons (Fsp3) is 1.00. The van der Waals surface area contributed by atoms with Gasteiger partial charge >= 0.3 is 0 Å². The Balaban J connectivity index is 3.28. The van der Waals surface area contributed by atoms with Gasteiger partial charge in [-0.25, -0.2) is 5.12 Å². The smallest absolute Gasteiger partial charge is 0.0675 e. The van der Waals surface area contributed by atoms with Crippen LogP contribution in [-0.2, 0) is 0 Å². The van der Waals surface area contributed by atoms with Crippen molar-refractivity contribution in [2.24, 2.45) is 5.29 Å². The highest BCUT2D eigenvalue weighted by Gasteiger charge is 1.96. The van der Waals surface area contributed by atoms with Crippen molar-refractivity contribution in [1.29, 1.82) is 0 Å². The molecule has 0 aromatic rings. The average molecular weight is 161 g/mol. The van der Waals surface area contributed by atoms with Gasteiger partial charge in [-0.05, 0) is 27.1 Å². The summed E-state index contributed by atoms with van der Waals surface area (Å²) in [4.78, 5) is 11.8. The Labute approximate surface area is 65.7 Å². The molecule has 0 saturated heterocycles. The molecule has 0 aliphatic heterocycles. The molecule has 66 valence electrons. The van der Waals surface area contributed by atoms with Crippen LogP contribution in [0.3, 0.4) is 0 Å². The number of hydrogen-bond acceptors (Lipinski definition) is 5. The van der Waals surface area contributed by atoms with E-state index in [4.69, 9.17) is 0 Å². The average Bonchev–Trinajstić information content (AvgIpc) is 1.98. The van der Waals surface area contributed by atoms with Gasteiger partial charge in [-0.15, -0.1) is 4.91 Å². The second kappa shape index (κ2) is 6.02. The SMILES string of the molecule is CN(C)CCCN(N=O)N[O-]. The van der Waals surface area contributed by atoms with E-state index < -0.39 is 0 Å². The predicted molar refractivity (Wildman–Crippen MR) is 42.2 cm³/mol. The predicted octanol–water partition coefficient (Wildman–Crippen LogP) is -0.0761. The van der Waals surface area contributed by atoms with Crippen LogP contribution in [0.2, 0.25) is 0 Å². The van der Waals surface area contributed by atoms with E-state index in [0.29, 0.717) is 6.54 Å². The van der Waals surface area contributed by atoms with Crippen molar-refractivity contribution in [2.45, 2.75) is 6.42 Å². The first-order valence-corrected chi connectivity index (χ1v) is 3.34. The molecule has 0 radical (unpaired) electrons. The van der Waals surface area contributed by atoms with Crippen molar-refractivity contribution in [2.75, 3.05) is 27.2 Å². The minimum absolute atomic E-state index is 0.338. The Morgan fingerprint density at radius 2 is 2.09 bits per heavy atom. The second-order valence-electron chi connectivity index (χ2n) is 2.45. The van der Waals surface area contributed by atoms with Gasteiger partial charge in [-0.3, -0.25) is 5.59 Å². The summed E-state index contributed by atoms with van der Waals surface area (Å²) < 4.78 is 0. The number of hydrazine groups is 1. The van der Waals surface area contributed by atoms with Crippen LogP contribution < -0.4 is 5.59 Å². The molecule has 0 rings (SSSR count). The van der Waals surface area contributed by atoms with Crippen molar-refractivity contribution in [3.63, 3.8) is 0 Å². The second-order valence-corrected chi connectivity index (χ2v) is 2.45. The molecule has 0 aliphatic rings. The van der Waals surface area contributed by atoms with Crippen LogP contribution in [0.25, 0.3) is 0 Å². The summed E-state index contributed by atoms with van der Waals surface area (Å²) >= 11 is 0. The summed E-state index contributed by atoms with van der Waals surface area (Å²) in [6.07, 6.45) is 0.730. The molecule has 0 atom stereocenters. The molecule has 0 bridgehead atoms. The van der Waals surface area contributed by atoms with E-state index in [0.717, 1.165) is 18.1 Å². The van der Waals surface area contributed by atoms with Crippen molar-refractivity contribution in [1.82, 2.24) is 15.6 Å². The maximum absolute atomic E-state index is 9.91. The van der Waals surface area contributed by atoms with E-state index in [1.165, 1.54) is 5.59 Å². The highest BCUT2D eigenvalue weighted by molar-refractivity contribution is 4.49. The van der Waals surface area contributed by atoms with Crippen LogP contribution in [0.15, 0.2) is 5.29 Å². The molecule has 0 saturated carbocycles. The number of rotatable bonds is 6. The lowest BCUT2D eigenvalue weighted by Gasteiger charge is -2.20. The van der Waals surface area contributed by atoms with Crippen LogP contribution in [0, 0.1) is 10.1 Å². The lowest BCUT2D eigenvalue weighted by Crippen LogP contribution is -2.30. The monoisotopic (exact) mass is 161 g/mol. The third-order valence-corrected chi connectivity index (χ3v) is 1.18. The summed E-state index contributed by atoms with van der Waals surface area (Å²) in [6.45, 7) is 1.17. The molecule has 0 spiro atoms. The number of nitrogens with one attached hydrogen (secondary N) is 1. The van der Waals surface area contributed by atoms with E-state index >= 15 is 0 Å². The molecule has 0 unspecified atom stereocenters. The van der Waals surface area contributed by atoms with Crippen LogP contribution in [-0.4, -0.2) is 37.2 Å². The first-order valence-electron chi connectivity index (χ1n) is 3.34. The molecule has 0 aromatic heterocycles. The van der Waals surface area contributed by atoms with E-state index in [2.05, 4.69) is 5.29 Å². The summed E-state index contributed by atoms with van der Waals surface area (Å²) in [5.41, 5.74) is 1.41. The Hall–Kier alpha value is -0.720. The van der Waals surface area contributed by atoms with Crippen LogP contribution in [0.1, 0.15) is 6.42 Å². The van der Waals surface area contributed by atoms with Gasteiger partial charge in [0.05, 0.1) is 11.8 Å². The maximum Gasteiger partial charge on any atom is 0.0675 e. The minimum Gasteiger partial charge on any atom is -0.769 e. The van der Waals surface area contributed by atoms with Gasteiger partial charge in [0.1, 0.15) is 0 Å². The molecule has 0 aliphatic carbocycles. The number of hydrogen-bond donors (Lipinski definition) is 1. The highest BCUT2D eigenvalue weighted by atomic mass is 16.5. The Morgan fingerprint density at radius 1 is 1.45 bits per heavy atom. The molecule has 11 heavy (non-hydrogen) atoms. The molecular weight excluding hydrogens is 148 g/mol. The van der Waals surface area contributed by atoms with Crippen molar-refractivity contribution in [3.8, 4) is 0 Å². The molecular formula is C5H13N4O2-. The standard InChI is InChI=1S/C5H13N4O2/c1-8(2)4-3-5-9(6-10)7-11/h6H,3-5H2,1-2H3/q-1. The van der Waals surface area contributed by atoms with Gasteiger partial charge in [0.25, 0.3) is 0 Å². The van der Waals surface area contributed by atoms with E-state index in [1.807, 2.05) is 19.0 Å². The third-order valence-electron chi connectivity index (χ3n) is 1.18. The summed E-state index contributed by atoms with van der Waals surface area (Å²) in [7, 11) is 3.84. The minimum atomic E-state index is 0.338. The highest BCUT2D eigenvalue weighted by Crippen LogP contribution is 1.88.